The molecule has 2 heterocycles. The van der Waals surface area contributed by atoms with Crippen LogP contribution in [0, 0.1) is 0 Å². The zero-order chi connectivity index (χ0) is 21.3. The number of likely N-dealkylation sites (tertiary alicyclic amines) is 1. The first-order valence-electron chi connectivity index (χ1n) is 8.66. The number of carboxylic acid groups (broad SMARTS) is 1. The maximum Gasteiger partial charge on any atom is 0.410 e. The number of hydrogen-bond acceptors (Lipinski definition) is 6. The lowest BCUT2D eigenvalue weighted by molar-refractivity contribution is -0.140. The summed E-state index contributed by atoms with van der Waals surface area (Å²) in [4.78, 5) is 37.6. The third-order valence-electron chi connectivity index (χ3n) is 4.80. The van der Waals surface area contributed by atoms with Gasteiger partial charge in [0.1, 0.15) is 12.8 Å². The third kappa shape index (κ3) is 4.08. The fourth-order valence-corrected chi connectivity index (χ4v) is 3.36. The van der Waals surface area contributed by atoms with Crippen molar-refractivity contribution in [2.45, 2.75) is 31.2 Å². The van der Waals surface area contributed by atoms with Gasteiger partial charge in [-0.1, -0.05) is 30.3 Å². The van der Waals surface area contributed by atoms with Crippen molar-refractivity contribution in [3.8, 4) is 0 Å². The summed E-state index contributed by atoms with van der Waals surface area (Å²) in [7, 11) is 1.21. The van der Waals surface area contributed by atoms with Crippen LogP contribution in [0.4, 0.5) is 13.6 Å². The van der Waals surface area contributed by atoms with Gasteiger partial charge in [0.25, 0.3) is 11.8 Å². The van der Waals surface area contributed by atoms with E-state index in [0.717, 1.165) is 9.80 Å². The zero-order valence-corrected chi connectivity index (χ0v) is 15.3. The highest BCUT2D eigenvalue weighted by Crippen LogP contribution is 2.36. The van der Waals surface area contributed by atoms with Crippen LogP contribution >= 0.6 is 0 Å². The van der Waals surface area contributed by atoms with Crippen LogP contribution in [0.15, 0.2) is 41.8 Å². The maximum absolute atomic E-state index is 14.1. The number of nitrogens with zero attached hydrogens (tertiary/aromatic N) is 2. The lowest BCUT2D eigenvalue weighted by Crippen LogP contribution is -2.61. The largest absolute Gasteiger partial charge is 0.501 e. The third-order valence-corrected chi connectivity index (χ3v) is 4.80. The highest BCUT2D eigenvalue weighted by molar-refractivity contribution is 6.01. The van der Waals surface area contributed by atoms with Crippen LogP contribution in [-0.4, -0.2) is 69.7 Å². The molecule has 2 aliphatic heterocycles. The van der Waals surface area contributed by atoms with Crippen LogP contribution in [0.25, 0.3) is 0 Å². The molecule has 1 aromatic carbocycles. The van der Waals surface area contributed by atoms with Crippen molar-refractivity contribution in [1.29, 1.82) is 0 Å². The van der Waals surface area contributed by atoms with E-state index in [4.69, 9.17) is 9.84 Å². The molecule has 11 heteroatoms. The summed E-state index contributed by atoms with van der Waals surface area (Å²) >= 11 is 0. The number of aliphatic carboxylic acids is 1. The molecule has 1 aromatic rings. The van der Waals surface area contributed by atoms with Crippen molar-refractivity contribution in [2.24, 2.45) is 0 Å². The summed E-state index contributed by atoms with van der Waals surface area (Å²) < 4.78 is 33.4. The number of hydrogen-bond donors (Lipinski definition) is 3. The van der Waals surface area contributed by atoms with Crippen LogP contribution in [0.2, 0.25) is 0 Å². The van der Waals surface area contributed by atoms with Gasteiger partial charge in [-0.15, -0.1) is 0 Å². The maximum atomic E-state index is 14.1. The number of benzene rings is 1. The van der Waals surface area contributed by atoms with Gasteiger partial charge >= 0.3 is 12.1 Å². The van der Waals surface area contributed by atoms with Crippen molar-refractivity contribution >= 4 is 18.0 Å². The molecule has 9 nitrogen and oxygen atoms in total. The van der Waals surface area contributed by atoms with E-state index in [2.05, 4.69) is 5.32 Å². The van der Waals surface area contributed by atoms with Gasteiger partial charge in [-0.3, -0.25) is 9.69 Å². The number of amides is 2. The van der Waals surface area contributed by atoms with Crippen LogP contribution in [0.1, 0.15) is 12.0 Å². The Bertz CT molecular complexity index is 860. The molecule has 0 bridgehead atoms. The van der Waals surface area contributed by atoms with E-state index in [1.807, 2.05) is 0 Å². The minimum Gasteiger partial charge on any atom is -0.501 e. The van der Waals surface area contributed by atoms with Gasteiger partial charge in [-0.05, 0) is 5.56 Å². The molecule has 0 aliphatic carbocycles. The molecule has 0 radical (unpaired) electrons. The molecule has 156 valence electrons. The van der Waals surface area contributed by atoms with Gasteiger partial charge in [0.15, 0.2) is 5.70 Å². The molecule has 2 atom stereocenters. The second kappa shape index (κ2) is 7.57. The summed E-state index contributed by atoms with van der Waals surface area (Å²) in [6.45, 7) is -1.08. The standard InChI is InChI=1S/C18H19F2N3O6/c1-22-14(21-12(16(26)27)13(24)15(22)25)11-7-18(19,20)9-23(11)17(28)29-8-10-5-3-2-4-6-10/h2-6,11,14,21,24H,7-9H2,1H3,(H,26,27)/t11-,14?/m0/s1. The van der Waals surface area contributed by atoms with E-state index in [1.54, 1.807) is 30.3 Å². The van der Waals surface area contributed by atoms with Gasteiger partial charge < -0.3 is 25.2 Å². The van der Waals surface area contributed by atoms with Crippen molar-refractivity contribution < 1.29 is 38.1 Å². The quantitative estimate of drug-likeness (QED) is 0.683. The predicted octanol–water partition coefficient (Wildman–Crippen LogP) is 1.27. The number of halogens is 2. The highest BCUT2D eigenvalue weighted by Gasteiger charge is 2.53. The van der Waals surface area contributed by atoms with Gasteiger partial charge in [0, 0.05) is 13.5 Å². The fourth-order valence-electron chi connectivity index (χ4n) is 3.36. The first-order chi connectivity index (χ1) is 13.6. The molecular weight excluding hydrogens is 392 g/mol. The Labute approximate surface area is 164 Å². The molecule has 29 heavy (non-hydrogen) atoms. The number of likely N-dealkylation sites (N-methyl/N-ethyl adjacent to an activating group) is 1. The number of carbonyl (C=O) groups is 3. The van der Waals surface area contributed by atoms with Crippen LogP contribution in [0.5, 0.6) is 0 Å². The normalized spacial score (nSPS) is 23.8. The summed E-state index contributed by atoms with van der Waals surface area (Å²) in [6, 6.07) is 7.36. The van der Waals surface area contributed by atoms with E-state index < -0.39 is 60.5 Å². The second-order valence-corrected chi connectivity index (χ2v) is 6.83. The Balaban J connectivity index is 1.81. The molecule has 1 unspecified atom stereocenters. The van der Waals surface area contributed by atoms with Gasteiger partial charge in [0.05, 0.1) is 12.6 Å². The Morgan fingerprint density at radius 2 is 1.97 bits per heavy atom. The van der Waals surface area contributed by atoms with E-state index in [1.165, 1.54) is 7.05 Å². The number of carboxylic acids is 1. The molecule has 1 saturated heterocycles. The number of nitrogens with one attached hydrogen (secondary N) is 1. The van der Waals surface area contributed by atoms with Crippen molar-refractivity contribution in [1.82, 2.24) is 15.1 Å². The topological polar surface area (TPSA) is 119 Å². The highest BCUT2D eigenvalue weighted by atomic mass is 19.3. The fraction of sp³-hybridized carbons (Fsp3) is 0.389. The van der Waals surface area contributed by atoms with E-state index in [-0.39, 0.29) is 6.61 Å². The zero-order valence-electron chi connectivity index (χ0n) is 15.3. The SMILES string of the molecule is CN1C(=O)C(O)=C(C(=O)O)NC1[C@@H]1CC(F)(F)CN1C(=O)OCc1ccccc1. The van der Waals surface area contributed by atoms with Crippen molar-refractivity contribution in [3.63, 3.8) is 0 Å². The number of ether oxygens (including phenoxy) is 1. The first kappa shape index (κ1) is 20.4. The van der Waals surface area contributed by atoms with Crippen molar-refractivity contribution in [2.75, 3.05) is 13.6 Å². The number of rotatable bonds is 4. The smallest absolute Gasteiger partial charge is 0.410 e. The minimum absolute atomic E-state index is 0.137. The molecule has 3 rings (SSSR count). The summed E-state index contributed by atoms with van der Waals surface area (Å²) in [5.41, 5.74) is -0.154. The Kier molecular flexibility index (Phi) is 5.31. The van der Waals surface area contributed by atoms with E-state index in [9.17, 15) is 28.3 Å². The average Bonchev–Trinajstić information content (AvgIpc) is 3.00. The molecule has 1 fully saturated rings. The Hall–Kier alpha value is -3.37. The number of carbonyl (C=O) groups excluding carboxylic acids is 2. The van der Waals surface area contributed by atoms with Gasteiger partial charge in [-0.2, -0.15) is 0 Å². The Morgan fingerprint density at radius 3 is 2.59 bits per heavy atom. The number of aliphatic hydroxyl groups excluding tert-OH is 1. The molecule has 0 aromatic heterocycles. The Morgan fingerprint density at radius 1 is 1.31 bits per heavy atom. The number of alkyl halides is 2. The first-order valence-corrected chi connectivity index (χ1v) is 8.66. The van der Waals surface area contributed by atoms with Crippen LogP contribution in [0.3, 0.4) is 0 Å². The predicted molar refractivity (Wildman–Crippen MR) is 93.7 cm³/mol. The molecule has 0 saturated carbocycles. The van der Waals surface area contributed by atoms with Crippen molar-refractivity contribution in [3.05, 3.63) is 47.4 Å². The summed E-state index contributed by atoms with van der Waals surface area (Å²) in [5, 5.41) is 21.2. The average molecular weight is 411 g/mol. The molecule has 2 aliphatic rings. The molecular formula is C18H19F2N3O6. The minimum atomic E-state index is -3.26. The lowest BCUT2D eigenvalue weighted by atomic mass is 10.1. The molecule has 3 N–H and O–H groups in total. The van der Waals surface area contributed by atoms with E-state index >= 15 is 0 Å². The van der Waals surface area contributed by atoms with Gasteiger partial charge in [-0.25, -0.2) is 18.4 Å². The number of aliphatic hydroxyl groups is 1. The molecule has 0 spiro atoms. The monoisotopic (exact) mass is 411 g/mol. The van der Waals surface area contributed by atoms with Crippen LogP contribution in [-0.2, 0) is 20.9 Å². The van der Waals surface area contributed by atoms with Gasteiger partial charge in [0.2, 0.25) is 5.76 Å². The lowest BCUT2D eigenvalue weighted by Gasteiger charge is -2.39. The summed E-state index contributed by atoms with van der Waals surface area (Å²) in [6.07, 6.45) is -3.12. The second-order valence-electron chi connectivity index (χ2n) is 6.83. The summed E-state index contributed by atoms with van der Waals surface area (Å²) in [5.74, 6) is -6.98. The van der Waals surface area contributed by atoms with Crippen LogP contribution < -0.4 is 5.32 Å². The van der Waals surface area contributed by atoms with E-state index in [0.29, 0.717) is 5.56 Å². The molecule has 2 amide bonds.